The van der Waals surface area contributed by atoms with Gasteiger partial charge in [-0.3, -0.25) is 9.59 Å². The van der Waals surface area contributed by atoms with Gasteiger partial charge in [-0.15, -0.1) is 0 Å². The highest BCUT2D eigenvalue weighted by atomic mass is 32.2. The summed E-state index contributed by atoms with van der Waals surface area (Å²) in [6.07, 6.45) is 3.50. The molecule has 1 amide bonds. The van der Waals surface area contributed by atoms with Crippen molar-refractivity contribution in [2.24, 2.45) is 0 Å². The van der Waals surface area contributed by atoms with Crippen molar-refractivity contribution in [1.29, 1.82) is 0 Å². The van der Waals surface area contributed by atoms with Gasteiger partial charge in [0.25, 0.3) is 0 Å². The molecular formula is C15H21NO3S. The lowest BCUT2D eigenvalue weighted by molar-refractivity contribution is -0.136. The van der Waals surface area contributed by atoms with Crippen LogP contribution < -0.4 is 5.32 Å². The molecule has 1 aromatic rings. The number of unbranched alkanes of at least 4 members (excludes halogenated alkanes) is 1. The number of hydrogen-bond donors (Lipinski definition) is 2. The number of aryl methyl sites for hydroxylation is 1. The Hall–Kier alpha value is -1.49. The Morgan fingerprint density at radius 3 is 2.55 bits per heavy atom. The Labute approximate surface area is 124 Å². The van der Waals surface area contributed by atoms with E-state index in [2.05, 4.69) is 12.2 Å². The number of amides is 1. The van der Waals surface area contributed by atoms with E-state index in [-0.39, 0.29) is 18.1 Å². The zero-order valence-electron chi connectivity index (χ0n) is 11.7. The van der Waals surface area contributed by atoms with Crippen LogP contribution in [0.1, 0.15) is 31.7 Å². The molecule has 0 heterocycles. The third-order valence-corrected chi connectivity index (χ3v) is 3.71. The number of aliphatic carboxylic acids is 1. The maximum atomic E-state index is 11.6. The van der Waals surface area contributed by atoms with Gasteiger partial charge in [-0.2, -0.15) is 11.8 Å². The highest BCUT2D eigenvalue weighted by Crippen LogP contribution is 2.12. The number of carbonyl (C=O) groups is 2. The highest BCUT2D eigenvalue weighted by molar-refractivity contribution is 7.99. The summed E-state index contributed by atoms with van der Waals surface area (Å²) in [5.41, 5.74) is 2.06. The van der Waals surface area contributed by atoms with Crippen LogP contribution in [-0.2, 0) is 16.0 Å². The third-order valence-electron chi connectivity index (χ3n) is 2.75. The number of carboxylic acids is 1. The van der Waals surface area contributed by atoms with Gasteiger partial charge in [0, 0.05) is 11.4 Å². The van der Waals surface area contributed by atoms with Crippen LogP contribution in [0.4, 0.5) is 5.69 Å². The molecule has 1 rings (SSSR count). The van der Waals surface area contributed by atoms with Crippen molar-refractivity contribution >= 4 is 29.3 Å². The molecule has 0 fully saturated rings. The average Bonchev–Trinajstić information content (AvgIpc) is 2.43. The molecule has 0 aliphatic carbocycles. The molecule has 0 saturated heterocycles. The second kappa shape index (κ2) is 9.42. The van der Waals surface area contributed by atoms with Crippen molar-refractivity contribution in [3.8, 4) is 0 Å². The number of benzene rings is 1. The Morgan fingerprint density at radius 1 is 1.25 bits per heavy atom. The number of rotatable bonds is 9. The van der Waals surface area contributed by atoms with Crippen molar-refractivity contribution < 1.29 is 14.7 Å². The van der Waals surface area contributed by atoms with Gasteiger partial charge < -0.3 is 10.4 Å². The summed E-state index contributed by atoms with van der Waals surface area (Å²) in [7, 11) is 0. The fourth-order valence-corrected chi connectivity index (χ4v) is 2.38. The van der Waals surface area contributed by atoms with E-state index in [4.69, 9.17) is 5.11 Å². The summed E-state index contributed by atoms with van der Waals surface area (Å²) < 4.78 is 0. The molecule has 0 atom stereocenters. The lowest BCUT2D eigenvalue weighted by atomic mass is 10.1. The normalized spacial score (nSPS) is 10.2. The van der Waals surface area contributed by atoms with Crippen LogP contribution in [0.15, 0.2) is 24.3 Å². The number of thioether (sulfide) groups is 1. The Balaban J connectivity index is 2.29. The van der Waals surface area contributed by atoms with Crippen molar-refractivity contribution in [2.45, 2.75) is 32.6 Å². The number of anilines is 1. The van der Waals surface area contributed by atoms with Gasteiger partial charge in [0.15, 0.2) is 0 Å². The summed E-state index contributed by atoms with van der Waals surface area (Å²) in [6.45, 7) is 2.16. The molecule has 0 spiro atoms. The zero-order chi connectivity index (χ0) is 14.8. The monoisotopic (exact) mass is 295 g/mol. The van der Waals surface area contributed by atoms with E-state index in [1.807, 2.05) is 24.3 Å². The first-order valence-electron chi connectivity index (χ1n) is 6.80. The lowest BCUT2D eigenvalue weighted by Gasteiger charge is -2.06. The molecule has 1 aromatic carbocycles. The molecule has 0 aliphatic heterocycles. The van der Waals surface area contributed by atoms with E-state index in [9.17, 15) is 9.59 Å². The summed E-state index contributed by atoms with van der Waals surface area (Å²) in [5, 5.41) is 11.3. The molecule has 110 valence electrons. The van der Waals surface area contributed by atoms with E-state index in [1.54, 1.807) is 0 Å². The van der Waals surface area contributed by atoms with Gasteiger partial charge in [0.2, 0.25) is 5.91 Å². The van der Waals surface area contributed by atoms with Crippen LogP contribution in [0, 0.1) is 0 Å². The smallest absolute Gasteiger partial charge is 0.304 e. The van der Waals surface area contributed by atoms with Gasteiger partial charge >= 0.3 is 5.97 Å². The van der Waals surface area contributed by atoms with E-state index in [0.29, 0.717) is 5.75 Å². The predicted molar refractivity (Wildman–Crippen MR) is 83.3 cm³/mol. The van der Waals surface area contributed by atoms with E-state index >= 15 is 0 Å². The summed E-state index contributed by atoms with van der Waals surface area (Å²) >= 11 is 1.33. The minimum atomic E-state index is -0.833. The molecule has 0 saturated carbocycles. The molecule has 4 nitrogen and oxygen atoms in total. The zero-order valence-corrected chi connectivity index (χ0v) is 12.5. The van der Waals surface area contributed by atoms with Gasteiger partial charge in [0.1, 0.15) is 0 Å². The molecule has 0 aliphatic rings. The van der Waals surface area contributed by atoms with E-state index < -0.39 is 5.97 Å². The van der Waals surface area contributed by atoms with E-state index in [1.165, 1.54) is 30.2 Å². The molecular weight excluding hydrogens is 274 g/mol. The number of carboxylic acid groups (broad SMARTS) is 1. The number of hydrogen-bond acceptors (Lipinski definition) is 3. The van der Waals surface area contributed by atoms with Crippen molar-refractivity contribution in [1.82, 2.24) is 0 Å². The first-order chi connectivity index (χ1) is 9.61. The van der Waals surface area contributed by atoms with Crippen molar-refractivity contribution in [2.75, 3.05) is 16.8 Å². The Kier molecular flexibility index (Phi) is 7.80. The molecule has 0 radical (unpaired) electrons. The SMILES string of the molecule is CCCCc1ccc(NC(=O)CSCCC(=O)O)cc1. The molecule has 0 bridgehead atoms. The van der Waals surface area contributed by atoms with E-state index in [0.717, 1.165) is 12.1 Å². The molecule has 5 heteroatoms. The first-order valence-corrected chi connectivity index (χ1v) is 7.95. The molecule has 0 unspecified atom stereocenters. The maximum absolute atomic E-state index is 11.6. The minimum absolute atomic E-state index is 0.0874. The first kappa shape index (κ1) is 16.6. The van der Waals surface area contributed by atoms with Gasteiger partial charge in [-0.05, 0) is 30.5 Å². The highest BCUT2D eigenvalue weighted by Gasteiger charge is 2.04. The Morgan fingerprint density at radius 2 is 1.95 bits per heavy atom. The standard InChI is InChI=1S/C15H21NO3S/c1-2-3-4-12-5-7-13(8-6-12)16-14(17)11-20-10-9-15(18)19/h5-8H,2-4,9-11H2,1H3,(H,16,17)(H,18,19). The third kappa shape index (κ3) is 7.19. The van der Waals surface area contributed by atoms with Crippen LogP contribution in [0.2, 0.25) is 0 Å². The van der Waals surface area contributed by atoms with Crippen LogP contribution in [0.3, 0.4) is 0 Å². The largest absolute Gasteiger partial charge is 0.481 e. The quantitative estimate of drug-likeness (QED) is 0.687. The van der Waals surface area contributed by atoms with Crippen LogP contribution in [-0.4, -0.2) is 28.5 Å². The molecule has 20 heavy (non-hydrogen) atoms. The van der Waals surface area contributed by atoms with Crippen LogP contribution >= 0.6 is 11.8 Å². The fourth-order valence-electron chi connectivity index (χ4n) is 1.66. The second-order valence-electron chi connectivity index (χ2n) is 4.54. The topological polar surface area (TPSA) is 66.4 Å². The second-order valence-corrected chi connectivity index (χ2v) is 5.65. The lowest BCUT2D eigenvalue weighted by Crippen LogP contribution is -2.14. The summed E-state index contributed by atoms with van der Waals surface area (Å²) in [6, 6.07) is 7.88. The summed E-state index contributed by atoms with van der Waals surface area (Å²) in [5.74, 6) is -0.189. The number of nitrogens with one attached hydrogen (secondary N) is 1. The van der Waals surface area contributed by atoms with Gasteiger partial charge in [-0.1, -0.05) is 25.5 Å². The van der Waals surface area contributed by atoms with Crippen LogP contribution in [0.25, 0.3) is 0 Å². The molecule has 2 N–H and O–H groups in total. The summed E-state index contributed by atoms with van der Waals surface area (Å²) in [4.78, 5) is 22.0. The Bertz CT molecular complexity index is 431. The van der Waals surface area contributed by atoms with Gasteiger partial charge in [-0.25, -0.2) is 0 Å². The van der Waals surface area contributed by atoms with Crippen molar-refractivity contribution in [3.63, 3.8) is 0 Å². The maximum Gasteiger partial charge on any atom is 0.304 e. The predicted octanol–water partition coefficient (Wildman–Crippen LogP) is 3.18. The van der Waals surface area contributed by atoms with Crippen molar-refractivity contribution in [3.05, 3.63) is 29.8 Å². The number of carbonyl (C=O) groups excluding carboxylic acids is 1. The minimum Gasteiger partial charge on any atom is -0.481 e. The van der Waals surface area contributed by atoms with Gasteiger partial charge in [0.05, 0.1) is 12.2 Å². The molecule has 0 aromatic heterocycles. The fraction of sp³-hybridized carbons (Fsp3) is 0.467. The van der Waals surface area contributed by atoms with Crippen LogP contribution in [0.5, 0.6) is 0 Å². The average molecular weight is 295 g/mol.